The van der Waals surface area contributed by atoms with E-state index >= 15 is 0 Å². The summed E-state index contributed by atoms with van der Waals surface area (Å²) in [5.41, 5.74) is -0.230. The van der Waals surface area contributed by atoms with Crippen LogP contribution in [0.5, 0.6) is 0 Å². The van der Waals surface area contributed by atoms with Crippen LogP contribution in [0.25, 0.3) is 0 Å². The van der Waals surface area contributed by atoms with Crippen LogP contribution in [0.4, 0.5) is 0 Å². The van der Waals surface area contributed by atoms with Gasteiger partial charge in [0.25, 0.3) is 5.91 Å². The average Bonchev–Trinajstić information content (AvgIpc) is 2.75. The molecule has 0 aromatic carbocycles. The lowest BCUT2D eigenvalue weighted by Crippen LogP contribution is -2.39. The predicted octanol–water partition coefficient (Wildman–Crippen LogP) is -1.52. The van der Waals surface area contributed by atoms with Gasteiger partial charge in [0.1, 0.15) is 5.71 Å². The summed E-state index contributed by atoms with van der Waals surface area (Å²) in [4.78, 5) is 37.4. The molecule has 22 heavy (non-hydrogen) atoms. The maximum absolute atomic E-state index is 12.3. The van der Waals surface area contributed by atoms with Gasteiger partial charge in [0, 0.05) is 40.5 Å². The Morgan fingerprint density at radius 2 is 1.91 bits per heavy atom. The zero-order valence-electron chi connectivity index (χ0n) is 12.8. The number of methoxy groups -OCH3 is 2. The van der Waals surface area contributed by atoms with E-state index in [4.69, 9.17) is 15.3 Å². The number of likely N-dealkylation sites (tertiary alicyclic amines) is 1. The van der Waals surface area contributed by atoms with Gasteiger partial charge < -0.3 is 20.6 Å². The number of rotatable bonds is 9. The van der Waals surface area contributed by atoms with Crippen molar-refractivity contribution in [2.45, 2.75) is 12.8 Å². The number of carbonyl (C=O) groups is 3. The van der Waals surface area contributed by atoms with Crippen LogP contribution in [0.1, 0.15) is 12.8 Å². The Labute approximate surface area is 128 Å². The molecule has 1 fully saturated rings. The van der Waals surface area contributed by atoms with Crippen molar-refractivity contribution in [2.75, 3.05) is 40.5 Å². The molecule has 1 aliphatic heterocycles. The van der Waals surface area contributed by atoms with E-state index in [1.807, 2.05) is 0 Å². The maximum atomic E-state index is 12.3. The monoisotopic (exact) mass is 314 g/mol. The summed E-state index contributed by atoms with van der Waals surface area (Å²) in [5.74, 6) is 2.09. The maximum Gasteiger partial charge on any atom is 0.278 e. The first-order chi connectivity index (χ1) is 10.6. The summed E-state index contributed by atoms with van der Waals surface area (Å²) >= 11 is 0. The van der Waals surface area contributed by atoms with Crippen molar-refractivity contribution in [2.24, 2.45) is 16.9 Å². The molecule has 0 aromatic heterocycles. The Kier molecular flexibility index (Phi) is 7.47. The number of nitrogens with two attached hydrogens (primary N) is 1. The molecule has 3 amide bonds. The van der Waals surface area contributed by atoms with E-state index in [-0.39, 0.29) is 12.3 Å². The molecule has 0 radical (unpaired) electrons. The number of carbonyl (C=O) groups excluding carboxylic acids is 3. The highest BCUT2D eigenvalue weighted by Gasteiger charge is 2.48. The summed E-state index contributed by atoms with van der Waals surface area (Å²) in [6.07, 6.45) is 1.08. The van der Waals surface area contributed by atoms with Crippen LogP contribution in [0.15, 0.2) is 5.10 Å². The molecule has 0 aliphatic carbocycles. The molecule has 1 atom stereocenters. The van der Waals surface area contributed by atoms with E-state index in [1.165, 1.54) is 7.11 Å². The first-order valence-corrected chi connectivity index (χ1v) is 6.97. The summed E-state index contributed by atoms with van der Waals surface area (Å²) in [5, 5.41) is 5.91. The van der Waals surface area contributed by atoms with Crippen LogP contribution in [0.2, 0.25) is 0 Å². The van der Waals surface area contributed by atoms with Crippen molar-refractivity contribution in [3.8, 4) is 0 Å². The number of ether oxygens (including phenoxy) is 2. The van der Waals surface area contributed by atoms with Crippen molar-refractivity contribution >= 4 is 23.4 Å². The molecule has 1 rings (SSSR count). The third-order valence-corrected chi connectivity index (χ3v) is 3.21. The summed E-state index contributed by atoms with van der Waals surface area (Å²) in [7, 11) is 3.08. The molecule has 1 saturated heterocycles. The number of nitrogens with zero attached hydrogens (tertiary/aromatic N) is 2. The van der Waals surface area contributed by atoms with Crippen molar-refractivity contribution < 1.29 is 23.9 Å². The highest BCUT2D eigenvalue weighted by molar-refractivity contribution is 6.54. The van der Waals surface area contributed by atoms with Gasteiger partial charge in [-0.25, -0.2) is 0 Å². The SMILES string of the molecule is COCCCNC(=O)C1C(=O)N(CCCOC)C(=O)/C1=N\N. The Bertz CT molecular complexity index is 452. The van der Waals surface area contributed by atoms with Gasteiger partial charge in [-0.1, -0.05) is 0 Å². The van der Waals surface area contributed by atoms with Crippen LogP contribution in [0.3, 0.4) is 0 Å². The predicted molar refractivity (Wildman–Crippen MR) is 77.8 cm³/mol. The van der Waals surface area contributed by atoms with Crippen molar-refractivity contribution in [3.05, 3.63) is 0 Å². The molecule has 0 bridgehead atoms. The topological polar surface area (TPSA) is 123 Å². The highest BCUT2D eigenvalue weighted by Crippen LogP contribution is 2.18. The van der Waals surface area contributed by atoms with Gasteiger partial charge >= 0.3 is 0 Å². The molecule has 0 saturated carbocycles. The van der Waals surface area contributed by atoms with Gasteiger partial charge in [-0.05, 0) is 12.8 Å². The number of amides is 3. The Morgan fingerprint density at radius 1 is 1.27 bits per heavy atom. The lowest BCUT2D eigenvalue weighted by atomic mass is 10.1. The van der Waals surface area contributed by atoms with E-state index in [0.717, 1.165) is 4.90 Å². The first kappa shape index (κ1) is 18.1. The van der Waals surface area contributed by atoms with E-state index in [2.05, 4.69) is 10.4 Å². The zero-order valence-corrected chi connectivity index (χ0v) is 12.8. The molecule has 9 heteroatoms. The molecule has 0 aromatic rings. The summed E-state index contributed by atoms with van der Waals surface area (Å²) < 4.78 is 9.75. The van der Waals surface area contributed by atoms with E-state index in [0.29, 0.717) is 32.6 Å². The van der Waals surface area contributed by atoms with E-state index in [9.17, 15) is 14.4 Å². The second-order valence-electron chi connectivity index (χ2n) is 4.73. The van der Waals surface area contributed by atoms with Crippen molar-refractivity contribution in [1.29, 1.82) is 0 Å². The Hall–Kier alpha value is -2.00. The smallest absolute Gasteiger partial charge is 0.278 e. The normalized spacial score (nSPS) is 20.0. The molecule has 1 unspecified atom stereocenters. The van der Waals surface area contributed by atoms with Crippen LogP contribution < -0.4 is 11.2 Å². The zero-order chi connectivity index (χ0) is 16.5. The van der Waals surface area contributed by atoms with Gasteiger partial charge in [-0.3, -0.25) is 19.3 Å². The van der Waals surface area contributed by atoms with Gasteiger partial charge in [-0.2, -0.15) is 5.10 Å². The molecule has 1 heterocycles. The van der Waals surface area contributed by atoms with Crippen molar-refractivity contribution in [1.82, 2.24) is 10.2 Å². The molecule has 9 nitrogen and oxygen atoms in total. The molecule has 1 aliphatic rings. The molecular weight excluding hydrogens is 292 g/mol. The lowest BCUT2D eigenvalue weighted by molar-refractivity contribution is -0.141. The molecule has 0 spiro atoms. The van der Waals surface area contributed by atoms with Gasteiger partial charge in [0.15, 0.2) is 5.92 Å². The highest BCUT2D eigenvalue weighted by atomic mass is 16.5. The number of hydrogen-bond acceptors (Lipinski definition) is 7. The standard InChI is InChI=1S/C13H22N4O5/c1-21-7-3-5-15-11(18)9-10(16-14)13(20)17(12(9)19)6-4-8-22-2/h9H,3-8,14H2,1-2H3,(H,15,18)/b16-10-. The molecule has 3 N–H and O–H groups in total. The Balaban J connectivity index is 2.70. The van der Waals surface area contributed by atoms with Gasteiger partial charge in [0.05, 0.1) is 0 Å². The van der Waals surface area contributed by atoms with Crippen molar-refractivity contribution in [3.63, 3.8) is 0 Å². The van der Waals surface area contributed by atoms with Crippen LogP contribution in [-0.4, -0.2) is 68.9 Å². The molecular formula is C13H22N4O5. The fourth-order valence-corrected chi connectivity index (χ4v) is 2.11. The number of hydrazone groups is 1. The lowest BCUT2D eigenvalue weighted by Gasteiger charge is -2.13. The first-order valence-electron chi connectivity index (χ1n) is 6.97. The van der Waals surface area contributed by atoms with E-state index in [1.54, 1.807) is 7.11 Å². The minimum Gasteiger partial charge on any atom is -0.385 e. The summed E-state index contributed by atoms with van der Waals surface area (Å²) in [6, 6.07) is 0. The van der Waals surface area contributed by atoms with Gasteiger partial charge in [-0.15, -0.1) is 0 Å². The minimum absolute atomic E-state index is 0.165. The second kappa shape index (κ2) is 9.11. The van der Waals surface area contributed by atoms with Crippen LogP contribution in [0, 0.1) is 5.92 Å². The Morgan fingerprint density at radius 3 is 2.50 bits per heavy atom. The van der Waals surface area contributed by atoms with Crippen LogP contribution >= 0.6 is 0 Å². The van der Waals surface area contributed by atoms with Crippen LogP contribution in [-0.2, 0) is 23.9 Å². The second-order valence-corrected chi connectivity index (χ2v) is 4.73. The number of nitrogens with one attached hydrogen (secondary N) is 1. The fraction of sp³-hybridized carbons (Fsp3) is 0.692. The summed E-state index contributed by atoms with van der Waals surface area (Å²) in [6.45, 7) is 1.39. The fourth-order valence-electron chi connectivity index (χ4n) is 2.11. The third kappa shape index (κ3) is 4.25. The quantitative estimate of drug-likeness (QED) is 0.175. The number of hydrogen-bond donors (Lipinski definition) is 2. The van der Waals surface area contributed by atoms with E-state index < -0.39 is 23.6 Å². The minimum atomic E-state index is -1.28. The molecule has 124 valence electrons. The third-order valence-electron chi connectivity index (χ3n) is 3.21. The van der Waals surface area contributed by atoms with Gasteiger partial charge in [0.2, 0.25) is 11.8 Å². The largest absolute Gasteiger partial charge is 0.385 e. The average molecular weight is 314 g/mol. The number of imide groups is 1.